The fourth-order valence-corrected chi connectivity index (χ4v) is 3.56. The molecule has 3 heterocycles. The van der Waals surface area contributed by atoms with E-state index in [4.69, 9.17) is 0 Å². The number of pyridine rings is 1. The van der Waals surface area contributed by atoms with Crippen LogP contribution < -0.4 is 5.32 Å². The van der Waals surface area contributed by atoms with Crippen molar-refractivity contribution in [1.82, 2.24) is 25.0 Å². The molecule has 1 N–H and O–H groups in total. The number of nitrogens with one attached hydrogen (secondary N) is 1. The van der Waals surface area contributed by atoms with Crippen LogP contribution in [0.4, 0.5) is 0 Å². The summed E-state index contributed by atoms with van der Waals surface area (Å²) < 4.78 is 1.72. The molecule has 2 aromatic heterocycles. The summed E-state index contributed by atoms with van der Waals surface area (Å²) in [5.74, 6) is -0.0313. The molecule has 26 heavy (non-hydrogen) atoms. The second kappa shape index (κ2) is 7.05. The Hall–Kier alpha value is -2.44. The van der Waals surface area contributed by atoms with Crippen molar-refractivity contribution in [3.8, 4) is 0 Å². The Bertz CT molecular complexity index is 855. The highest BCUT2D eigenvalue weighted by molar-refractivity contribution is 6.06. The molecule has 140 valence electrons. The van der Waals surface area contributed by atoms with Crippen LogP contribution in [0.3, 0.4) is 0 Å². The summed E-state index contributed by atoms with van der Waals surface area (Å²) >= 11 is 0. The molecule has 0 unspecified atom stereocenters. The van der Waals surface area contributed by atoms with Gasteiger partial charge in [0.2, 0.25) is 5.91 Å². The minimum absolute atomic E-state index is 0.0102. The first kappa shape index (κ1) is 18.4. The van der Waals surface area contributed by atoms with E-state index in [-0.39, 0.29) is 23.8 Å². The minimum atomic E-state index is -0.0541. The molecule has 0 radical (unpaired) electrons. The summed E-state index contributed by atoms with van der Waals surface area (Å²) in [6.07, 6.45) is 1.78. The Labute approximate surface area is 153 Å². The lowest BCUT2D eigenvalue weighted by molar-refractivity contribution is -0.125. The van der Waals surface area contributed by atoms with E-state index in [1.54, 1.807) is 4.68 Å². The number of carbonyl (C=O) groups is 2. The smallest absolute Gasteiger partial charge is 0.254 e. The summed E-state index contributed by atoms with van der Waals surface area (Å²) in [7, 11) is 1.84. The van der Waals surface area contributed by atoms with Crippen molar-refractivity contribution in [2.24, 2.45) is 13.0 Å². The number of hydrogen-bond acceptors (Lipinski definition) is 4. The Balaban J connectivity index is 1.87. The molecule has 1 aliphatic heterocycles. The molecule has 2 amide bonds. The highest BCUT2D eigenvalue weighted by Crippen LogP contribution is 2.24. The van der Waals surface area contributed by atoms with Gasteiger partial charge in [-0.2, -0.15) is 5.10 Å². The number of aryl methyl sites for hydroxylation is 3. The van der Waals surface area contributed by atoms with E-state index < -0.39 is 0 Å². The Kier molecular flexibility index (Phi) is 4.98. The number of rotatable bonds is 3. The predicted molar refractivity (Wildman–Crippen MR) is 99.9 cm³/mol. The quantitative estimate of drug-likeness (QED) is 0.911. The molecule has 7 heteroatoms. The Morgan fingerprint density at radius 3 is 2.73 bits per heavy atom. The summed E-state index contributed by atoms with van der Waals surface area (Å²) in [6.45, 7) is 8.79. The van der Waals surface area contributed by atoms with E-state index in [1.807, 2.05) is 45.7 Å². The zero-order chi connectivity index (χ0) is 19.0. The normalized spacial score (nSPS) is 17.8. The van der Waals surface area contributed by atoms with Crippen LogP contribution in [0.5, 0.6) is 0 Å². The van der Waals surface area contributed by atoms with Crippen molar-refractivity contribution in [2.45, 2.75) is 46.6 Å². The van der Waals surface area contributed by atoms with Gasteiger partial charge < -0.3 is 10.2 Å². The second-order valence-electron chi connectivity index (χ2n) is 7.47. The van der Waals surface area contributed by atoms with Gasteiger partial charge in [0.05, 0.1) is 16.6 Å². The van der Waals surface area contributed by atoms with Gasteiger partial charge in [0.15, 0.2) is 5.65 Å². The van der Waals surface area contributed by atoms with Gasteiger partial charge in [0, 0.05) is 37.8 Å². The van der Waals surface area contributed by atoms with E-state index in [0.717, 1.165) is 35.3 Å². The van der Waals surface area contributed by atoms with E-state index >= 15 is 0 Å². The summed E-state index contributed by atoms with van der Waals surface area (Å²) in [6, 6.07) is 1.85. The van der Waals surface area contributed by atoms with Gasteiger partial charge >= 0.3 is 0 Å². The maximum absolute atomic E-state index is 13.2. The third-order valence-corrected chi connectivity index (χ3v) is 4.91. The first-order valence-electron chi connectivity index (χ1n) is 9.18. The highest BCUT2D eigenvalue weighted by atomic mass is 16.2. The number of piperidine rings is 1. The topological polar surface area (TPSA) is 80.1 Å². The van der Waals surface area contributed by atoms with Gasteiger partial charge in [-0.3, -0.25) is 14.3 Å². The van der Waals surface area contributed by atoms with Crippen LogP contribution in [0.2, 0.25) is 0 Å². The first-order chi connectivity index (χ1) is 12.3. The van der Waals surface area contributed by atoms with E-state index in [0.29, 0.717) is 18.7 Å². The van der Waals surface area contributed by atoms with Crippen molar-refractivity contribution < 1.29 is 9.59 Å². The molecule has 7 nitrogen and oxygen atoms in total. The highest BCUT2D eigenvalue weighted by Gasteiger charge is 2.28. The molecule has 0 aliphatic carbocycles. The standard InChI is InChI=1S/C19H27N5O2/c1-11(2)18(25)21-14-7-6-8-24(10-14)19(26)15-9-12(3)20-17-16(15)13(4)22-23(17)5/h9,11,14H,6-8,10H2,1-5H3,(H,21,25)/t14-/m0/s1. The van der Waals surface area contributed by atoms with E-state index in [1.165, 1.54) is 0 Å². The average Bonchev–Trinajstić information content (AvgIpc) is 2.87. The van der Waals surface area contributed by atoms with Crippen molar-refractivity contribution in [1.29, 1.82) is 0 Å². The largest absolute Gasteiger partial charge is 0.351 e. The number of nitrogens with zero attached hydrogens (tertiary/aromatic N) is 4. The van der Waals surface area contributed by atoms with Crippen molar-refractivity contribution >= 4 is 22.8 Å². The van der Waals surface area contributed by atoms with Gasteiger partial charge in [0.25, 0.3) is 5.91 Å². The van der Waals surface area contributed by atoms with Crippen LogP contribution in [-0.2, 0) is 11.8 Å². The van der Waals surface area contributed by atoms with Crippen LogP contribution in [0.15, 0.2) is 6.07 Å². The van der Waals surface area contributed by atoms with Gasteiger partial charge in [-0.25, -0.2) is 4.98 Å². The Morgan fingerprint density at radius 1 is 1.31 bits per heavy atom. The van der Waals surface area contributed by atoms with Gasteiger partial charge in [-0.1, -0.05) is 13.8 Å². The van der Waals surface area contributed by atoms with Crippen LogP contribution in [0.1, 0.15) is 48.4 Å². The molecular weight excluding hydrogens is 330 g/mol. The van der Waals surface area contributed by atoms with Crippen LogP contribution in [-0.4, -0.2) is 50.6 Å². The third kappa shape index (κ3) is 3.43. The first-order valence-corrected chi connectivity index (χ1v) is 9.18. The fraction of sp³-hybridized carbons (Fsp3) is 0.579. The van der Waals surface area contributed by atoms with Crippen LogP contribution in [0, 0.1) is 19.8 Å². The fourth-order valence-electron chi connectivity index (χ4n) is 3.56. The molecule has 0 saturated carbocycles. The lowest BCUT2D eigenvalue weighted by Crippen LogP contribution is -2.50. The number of fused-ring (bicyclic) bond motifs is 1. The molecule has 2 aromatic rings. The molecule has 0 spiro atoms. The van der Waals surface area contributed by atoms with Crippen molar-refractivity contribution in [3.05, 3.63) is 23.0 Å². The van der Waals surface area contributed by atoms with Gasteiger partial charge in [0.1, 0.15) is 0 Å². The van der Waals surface area contributed by atoms with Crippen LogP contribution >= 0.6 is 0 Å². The van der Waals surface area contributed by atoms with Gasteiger partial charge in [-0.15, -0.1) is 0 Å². The summed E-state index contributed by atoms with van der Waals surface area (Å²) in [5, 5.41) is 8.29. The monoisotopic (exact) mass is 357 g/mol. The van der Waals surface area contributed by atoms with Crippen molar-refractivity contribution in [3.63, 3.8) is 0 Å². The molecule has 1 atom stereocenters. The number of hydrogen-bond donors (Lipinski definition) is 1. The average molecular weight is 357 g/mol. The molecule has 1 saturated heterocycles. The molecular formula is C19H27N5O2. The van der Waals surface area contributed by atoms with E-state index in [2.05, 4.69) is 15.4 Å². The molecule has 3 rings (SSSR count). The molecule has 0 aromatic carbocycles. The molecule has 0 bridgehead atoms. The SMILES string of the molecule is Cc1cc(C(=O)N2CCC[C@H](NC(=O)C(C)C)C2)c2c(C)nn(C)c2n1. The van der Waals surface area contributed by atoms with Crippen LogP contribution in [0.25, 0.3) is 11.0 Å². The minimum Gasteiger partial charge on any atom is -0.351 e. The van der Waals surface area contributed by atoms with E-state index in [9.17, 15) is 9.59 Å². The Morgan fingerprint density at radius 2 is 2.04 bits per heavy atom. The number of likely N-dealkylation sites (tertiary alicyclic amines) is 1. The predicted octanol–water partition coefficient (Wildman–Crippen LogP) is 1.96. The lowest BCUT2D eigenvalue weighted by Gasteiger charge is -2.33. The maximum Gasteiger partial charge on any atom is 0.254 e. The summed E-state index contributed by atoms with van der Waals surface area (Å²) in [4.78, 5) is 31.6. The van der Waals surface area contributed by atoms with Crippen molar-refractivity contribution in [2.75, 3.05) is 13.1 Å². The zero-order valence-electron chi connectivity index (χ0n) is 16.2. The summed E-state index contributed by atoms with van der Waals surface area (Å²) in [5.41, 5.74) is 2.98. The lowest BCUT2D eigenvalue weighted by atomic mass is 10.0. The number of carbonyl (C=O) groups excluding carboxylic acids is 2. The second-order valence-corrected chi connectivity index (χ2v) is 7.47. The zero-order valence-corrected chi connectivity index (χ0v) is 16.2. The molecule has 1 fully saturated rings. The maximum atomic E-state index is 13.2. The number of aromatic nitrogens is 3. The number of amides is 2. The molecule has 1 aliphatic rings. The third-order valence-electron chi connectivity index (χ3n) is 4.91. The van der Waals surface area contributed by atoms with Gasteiger partial charge in [-0.05, 0) is 32.8 Å².